The lowest BCUT2D eigenvalue weighted by molar-refractivity contribution is 0.459. The fourth-order valence-electron chi connectivity index (χ4n) is 1.79. The second kappa shape index (κ2) is 5.19. The summed E-state index contributed by atoms with van der Waals surface area (Å²) in [5, 5.41) is 0. The number of hydrogen-bond acceptors (Lipinski definition) is 3. The zero-order chi connectivity index (χ0) is 13.2. The van der Waals surface area contributed by atoms with Gasteiger partial charge >= 0.3 is 0 Å². The molecule has 0 aliphatic heterocycles. The zero-order valence-corrected chi connectivity index (χ0v) is 12.1. The average molecular weight is 339 g/mol. The fraction of sp³-hybridized carbons (Fsp3) is 0.0769. The zero-order valence-electron chi connectivity index (χ0n) is 9.75. The molecule has 3 heterocycles. The summed E-state index contributed by atoms with van der Waals surface area (Å²) in [6, 6.07) is 7.58. The number of ether oxygens (including phenoxy) is 1. The Bertz CT molecular complexity index is 729. The lowest BCUT2D eigenvalue weighted by Crippen LogP contribution is -1.92. The van der Waals surface area contributed by atoms with Gasteiger partial charge in [-0.2, -0.15) is 4.98 Å². The maximum Gasteiger partial charge on any atom is 0.242 e. The first kappa shape index (κ1) is 12.4. The van der Waals surface area contributed by atoms with Crippen LogP contribution in [0.2, 0.25) is 0 Å². The van der Waals surface area contributed by atoms with Crippen LogP contribution in [-0.4, -0.2) is 14.4 Å². The Morgan fingerprint density at radius 2 is 2.21 bits per heavy atom. The van der Waals surface area contributed by atoms with Crippen molar-refractivity contribution in [1.29, 1.82) is 0 Å². The Labute approximate surface area is 123 Å². The molecular weight excluding hydrogens is 330 g/mol. The van der Waals surface area contributed by atoms with Crippen LogP contribution >= 0.6 is 27.5 Å². The Hall–Kier alpha value is -1.59. The number of aromatic nitrogens is 3. The van der Waals surface area contributed by atoms with E-state index >= 15 is 0 Å². The topological polar surface area (TPSA) is 39.4 Å². The predicted octanol–water partition coefficient (Wildman–Crippen LogP) is 4.02. The van der Waals surface area contributed by atoms with Gasteiger partial charge in [-0.25, -0.2) is 0 Å². The van der Waals surface area contributed by atoms with Crippen LogP contribution in [0.15, 0.2) is 47.3 Å². The standard InChI is InChI=1S/C13H9BrClN3O/c14-9-5-10(8-16-7-9)19-13-11(6-15)18-4-2-1-3-12(18)17-13/h1-5,7-8H,6H2. The van der Waals surface area contributed by atoms with E-state index in [1.807, 2.05) is 34.9 Å². The molecule has 0 fully saturated rings. The van der Waals surface area contributed by atoms with Gasteiger partial charge in [-0.05, 0) is 34.1 Å². The van der Waals surface area contributed by atoms with E-state index in [1.165, 1.54) is 0 Å². The summed E-state index contributed by atoms with van der Waals surface area (Å²) in [6.45, 7) is 0. The van der Waals surface area contributed by atoms with Crippen LogP contribution in [0.3, 0.4) is 0 Å². The largest absolute Gasteiger partial charge is 0.436 e. The minimum atomic E-state index is 0.321. The highest BCUT2D eigenvalue weighted by molar-refractivity contribution is 9.10. The summed E-state index contributed by atoms with van der Waals surface area (Å²) in [7, 11) is 0. The molecule has 19 heavy (non-hydrogen) atoms. The first-order chi connectivity index (χ1) is 9.28. The monoisotopic (exact) mass is 337 g/mol. The molecule has 0 saturated heterocycles. The molecular formula is C13H9BrClN3O. The summed E-state index contributed by atoms with van der Waals surface area (Å²) >= 11 is 9.34. The van der Waals surface area contributed by atoms with Crippen LogP contribution in [0.4, 0.5) is 0 Å². The molecule has 0 bridgehead atoms. The Morgan fingerprint density at radius 1 is 1.32 bits per heavy atom. The van der Waals surface area contributed by atoms with Gasteiger partial charge in [0.25, 0.3) is 0 Å². The maximum atomic E-state index is 5.98. The van der Waals surface area contributed by atoms with E-state index in [4.69, 9.17) is 16.3 Å². The molecule has 3 aromatic heterocycles. The highest BCUT2D eigenvalue weighted by Gasteiger charge is 2.13. The number of halogens is 2. The molecule has 0 saturated carbocycles. The van der Waals surface area contributed by atoms with Gasteiger partial charge in [-0.1, -0.05) is 6.07 Å². The first-order valence-electron chi connectivity index (χ1n) is 5.58. The van der Waals surface area contributed by atoms with Gasteiger partial charge in [0.1, 0.15) is 17.1 Å². The van der Waals surface area contributed by atoms with Crippen LogP contribution in [0, 0.1) is 0 Å². The van der Waals surface area contributed by atoms with Crippen molar-refractivity contribution in [2.45, 2.75) is 5.88 Å². The van der Waals surface area contributed by atoms with Crippen molar-refractivity contribution in [3.05, 3.63) is 53.0 Å². The van der Waals surface area contributed by atoms with Crippen molar-refractivity contribution in [3.63, 3.8) is 0 Å². The molecule has 0 atom stereocenters. The molecule has 3 aromatic rings. The SMILES string of the molecule is ClCc1c(Oc2cncc(Br)c2)nc2ccccn12. The quantitative estimate of drug-likeness (QED) is 0.677. The molecule has 3 rings (SSSR count). The predicted molar refractivity (Wildman–Crippen MR) is 76.8 cm³/mol. The van der Waals surface area contributed by atoms with Gasteiger partial charge in [-0.3, -0.25) is 9.38 Å². The van der Waals surface area contributed by atoms with E-state index in [2.05, 4.69) is 25.9 Å². The van der Waals surface area contributed by atoms with Crippen molar-refractivity contribution >= 4 is 33.2 Å². The number of rotatable bonds is 3. The molecule has 0 aromatic carbocycles. The number of nitrogens with zero attached hydrogens (tertiary/aromatic N) is 3. The van der Waals surface area contributed by atoms with Gasteiger partial charge < -0.3 is 4.74 Å². The Balaban J connectivity index is 2.05. The summed E-state index contributed by atoms with van der Waals surface area (Å²) in [5.41, 5.74) is 1.62. The molecule has 0 spiro atoms. The lowest BCUT2D eigenvalue weighted by atomic mass is 10.4. The van der Waals surface area contributed by atoms with E-state index in [0.717, 1.165) is 15.8 Å². The van der Waals surface area contributed by atoms with Crippen LogP contribution in [0.25, 0.3) is 5.65 Å². The number of fused-ring (bicyclic) bond motifs is 1. The van der Waals surface area contributed by atoms with Crippen molar-refractivity contribution in [2.75, 3.05) is 0 Å². The summed E-state index contributed by atoms with van der Waals surface area (Å²) in [4.78, 5) is 8.47. The van der Waals surface area contributed by atoms with E-state index in [1.54, 1.807) is 12.4 Å². The lowest BCUT2D eigenvalue weighted by Gasteiger charge is -2.04. The van der Waals surface area contributed by atoms with Crippen molar-refractivity contribution < 1.29 is 4.74 Å². The molecule has 0 aliphatic rings. The van der Waals surface area contributed by atoms with E-state index in [9.17, 15) is 0 Å². The molecule has 0 aliphatic carbocycles. The van der Waals surface area contributed by atoms with Crippen molar-refractivity contribution in [1.82, 2.24) is 14.4 Å². The summed E-state index contributed by atoms with van der Waals surface area (Å²) in [5.74, 6) is 1.44. The van der Waals surface area contributed by atoms with Crippen molar-refractivity contribution in [2.24, 2.45) is 0 Å². The molecule has 0 N–H and O–H groups in total. The minimum absolute atomic E-state index is 0.321. The second-order valence-electron chi connectivity index (χ2n) is 3.87. The highest BCUT2D eigenvalue weighted by Crippen LogP contribution is 2.27. The highest BCUT2D eigenvalue weighted by atomic mass is 79.9. The van der Waals surface area contributed by atoms with Crippen LogP contribution in [0.5, 0.6) is 11.6 Å². The van der Waals surface area contributed by atoms with Gasteiger partial charge in [0, 0.05) is 16.9 Å². The van der Waals surface area contributed by atoms with Gasteiger partial charge in [0.05, 0.1) is 12.1 Å². The van der Waals surface area contributed by atoms with Gasteiger partial charge in [0.2, 0.25) is 5.88 Å². The molecule has 0 amide bonds. The van der Waals surface area contributed by atoms with Crippen molar-refractivity contribution in [3.8, 4) is 11.6 Å². The summed E-state index contributed by atoms with van der Waals surface area (Å²) in [6.07, 6.45) is 5.23. The number of hydrogen-bond donors (Lipinski definition) is 0. The molecule has 6 heteroatoms. The van der Waals surface area contributed by atoms with Gasteiger partial charge in [-0.15, -0.1) is 11.6 Å². The second-order valence-corrected chi connectivity index (χ2v) is 5.05. The van der Waals surface area contributed by atoms with Gasteiger partial charge in [0.15, 0.2) is 0 Å². The van der Waals surface area contributed by atoms with E-state index < -0.39 is 0 Å². The van der Waals surface area contributed by atoms with E-state index in [-0.39, 0.29) is 0 Å². The third-order valence-electron chi connectivity index (χ3n) is 2.61. The molecule has 4 nitrogen and oxygen atoms in total. The minimum Gasteiger partial charge on any atom is -0.436 e. The van der Waals surface area contributed by atoms with Crippen LogP contribution in [0.1, 0.15) is 5.69 Å². The maximum absolute atomic E-state index is 5.98. The third-order valence-corrected chi connectivity index (χ3v) is 3.30. The first-order valence-corrected chi connectivity index (χ1v) is 6.91. The number of pyridine rings is 2. The molecule has 0 radical (unpaired) electrons. The normalized spacial score (nSPS) is 10.8. The number of alkyl halides is 1. The Kier molecular flexibility index (Phi) is 3.40. The third kappa shape index (κ3) is 2.43. The number of imidazole rings is 1. The van der Waals surface area contributed by atoms with Crippen LogP contribution in [-0.2, 0) is 5.88 Å². The van der Waals surface area contributed by atoms with E-state index in [0.29, 0.717) is 17.5 Å². The molecule has 96 valence electrons. The summed E-state index contributed by atoms with van der Waals surface area (Å²) < 4.78 is 8.52. The fourth-order valence-corrected chi connectivity index (χ4v) is 2.38. The molecule has 0 unspecified atom stereocenters. The van der Waals surface area contributed by atoms with Crippen LogP contribution < -0.4 is 4.74 Å². The Morgan fingerprint density at radius 3 is 3.00 bits per heavy atom. The average Bonchev–Trinajstić information content (AvgIpc) is 2.75. The smallest absolute Gasteiger partial charge is 0.242 e.